The smallest absolute Gasteiger partial charge is 0.295 e. The molecule has 0 spiro atoms. The average Bonchev–Trinajstić information content (AvgIpc) is 3.11. The minimum Gasteiger partial charge on any atom is -0.507 e. The normalized spacial score (nSPS) is 17.1. The van der Waals surface area contributed by atoms with Crippen LogP contribution >= 0.6 is 11.6 Å². The molecule has 1 heterocycles. The second-order valence-electron chi connectivity index (χ2n) is 8.34. The molecule has 1 atom stereocenters. The number of amides is 1. The van der Waals surface area contributed by atoms with E-state index in [0.29, 0.717) is 28.5 Å². The molecule has 35 heavy (non-hydrogen) atoms. The van der Waals surface area contributed by atoms with Gasteiger partial charge in [0, 0.05) is 24.2 Å². The fraction of sp³-hybridized carbons (Fsp3) is 0.214. The van der Waals surface area contributed by atoms with E-state index in [9.17, 15) is 14.7 Å². The first kappa shape index (κ1) is 24.5. The van der Waals surface area contributed by atoms with E-state index in [0.717, 1.165) is 11.1 Å². The molecule has 0 aromatic heterocycles. The quantitative estimate of drug-likeness (QED) is 0.263. The molecule has 0 saturated carbocycles. The summed E-state index contributed by atoms with van der Waals surface area (Å²) >= 11 is 6.04. The van der Waals surface area contributed by atoms with Crippen molar-refractivity contribution in [2.75, 3.05) is 20.3 Å². The van der Waals surface area contributed by atoms with Crippen LogP contribution in [-0.4, -0.2) is 42.0 Å². The lowest BCUT2D eigenvalue weighted by molar-refractivity contribution is -0.140. The molecule has 1 fully saturated rings. The highest BCUT2D eigenvalue weighted by molar-refractivity contribution is 6.46. The Kier molecular flexibility index (Phi) is 7.54. The van der Waals surface area contributed by atoms with Gasteiger partial charge in [0.25, 0.3) is 11.7 Å². The van der Waals surface area contributed by atoms with E-state index in [1.165, 1.54) is 12.0 Å². The van der Waals surface area contributed by atoms with Crippen molar-refractivity contribution >= 4 is 29.1 Å². The SMILES string of the molecule is COCCN1C(=O)C(=O)C(=C(O)c2ccc(OCc3cccc(C)c3)cc2)[C@H]1c1ccc(Cl)cc1. The average molecular weight is 492 g/mol. The van der Waals surface area contributed by atoms with Gasteiger partial charge < -0.3 is 19.5 Å². The summed E-state index contributed by atoms with van der Waals surface area (Å²) in [6.07, 6.45) is 0. The molecule has 3 aromatic carbocycles. The van der Waals surface area contributed by atoms with Gasteiger partial charge in [0.2, 0.25) is 0 Å². The molecule has 1 aliphatic rings. The van der Waals surface area contributed by atoms with Crippen LogP contribution in [-0.2, 0) is 20.9 Å². The van der Waals surface area contributed by atoms with Gasteiger partial charge in [-0.3, -0.25) is 9.59 Å². The number of aliphatic hydroxyl groups is 1. The molecule has 7 heteroatoms. The van der Waals surface area contributed by atoms with Crippen LogP contribution in [0.15, 0.2) is 78.4 Å². The van der Waals surface area contributed by atoms with Crippen molar-refractivity contribution in [1.82, 2.24) is 4.90 Å². The van der Waals surface area contributed by atoms with Gasteiger partial charge in [-0.05, 0) is 54.4 Å². The summed E-state index contributed by atoms with van der Waals surface area (Å²) in [5, 5.41) is 11.7. The zero-order chi connectivity index (χ0) is 24.9. The van der Waals surface area contributed by atoms with Crippen molar-refractivity contribution in [1.29, 1.82) is 0 Å². The maximum absolute atomic E-state index is 13.0. The van der Waals surface area contributed by atoms with Crippen molar-refractivity contribution in [2.24, 2.45) is 0 Å². The number of nitrogens with zero attached hydrogens (tertiary/aromatic N) is 1. The first-order valence-corrected chi connectivity index (χ1v) is 11.6. The fourth-order valence-electron chi connectivity index (χ4n) is 4.13. The van der Waals surface area contributed by atoms with E-state index in [-0.39, 0.29) is 24.5 Å². The minimum atomic E-state index is -0.750. The number of Topliss-reactive ketones (excluding diaryl/α,β-unsaturated/α-hetero) is 1. The van der Waals surface area contributed by atoms with Crippen molar-refractivity contribution in [3.05, 3.63) is 106 Å². The Morgan fingerprint density at radius 1 is 1.03 bits per heavy atom. The third-order valence-corrected chi connectivity index (χ3v) is 6.13. The fourth-order valence-corrected chi connectivity index (χ4v) is 4.25. The molecule has 0 unspecified atom stereocenters. The number of aryl methyl sites for hydroxylation is 1. The summed E-state index contributed by atoms with van der Waals surface area (Å²) in [5.74, 6) is -1.04. The molecule has 4 rings (SSSR count). The molecule has 1 aliphatic heterocycles. The minimum absolute atomic E-state index is 0.0295. The van der Waals surface area contributed by atoms with E-state index in [2.05, 4.69) is 6.07 Å². The summed E-state index contributed by atoms with van der Waals surface area (Å²) in [6, 6.07) is 21.0. The molecule has 0 radical (unpaired) electrons. The van der Waals surface area contributed by atoms with E-state index in [1.54, 1.807) is 48.5 Å². The Labute approximate surface area is 209 Å². The summed E-state index contributed by atoms with van der Waals surface area (Å²) in [7, 11) is 1.52. The van der Waals surface area contributed by atoms with Crippen LogP contribution in [0.5, 0.6) is 5.75 Å². The largest absolute Gasteiger partial charge is 0.507 e. The second-order valence-corrected chi connectivity index (χ2v) is 8.78. The molecule has 6 nitrogen and oxygen atoms in total. The van der Waals surface area contributed by atoms with Crippen LogP contribution in [0.1, 0.15) is 28.3 Å². The number of halogens is 1. The molecule has 0 aliphatic carbocycles. The topological polar surface area (TPSA) is 76.1 Å². The van der Waals surface area contributed by atoms with Crippen LogP contribution < -0.4 is 4.74 Å². The highest BCUT2D eigenvalue weighted by Gasteiger charge is 2.45. The van der Waals surface area contributed by atoms with Gasteiger partial charge in [-0.25, -0.2) is 0 Å². The zero-order valence-corrected chi connectivity index (χ0v) is 20.3. The third-order valence-electron chi connectivity index (χ3n) is 5.88. The van der Waals surface area contributed by atoms with Gasteiger partial charge in [-0.1, -0.05) is 53.6 Å². The monoisotopic (exact) mass is 491 g/mol. The molecular formula is C28H26ClNO5. The van der Waals surface area contributed by atoms with Crippen molar-refractivity contribution in [2.45, 2.75) is 19.6 Å². The molecule has 1 saturated heterocycles. The predicted octanol–water partition coefficient (Wildman–Crippen LogP) is 5.30. The van der Waals surface area contributed by atoms with E-state index in [4.69, 9.17) is 21.1 Å². The van der Waals surface area contributed by atoms with Gasteiger partial charge in [-0.15, -0.1) is 0 Å². The van der Waals surface area contributed by atoms with E-state index >= 15 is 0 Å². The molecule has 180 valence electrons. The maximum Gasteiger partial charge on any atom is 0.295 e. The number of aliphatic hydroxyl groups excluding tert-OH is 1. The lowest BCUT2D eigenvalue weighted by atomic mass is 9.95. The number of carbonyl (C=O) groups excluding carboxylic acids is 2. The molecule has 0 bridgehead atoms. The number of rotatable bonds is 8. The van der Waals surface area contributed by atoms with Crippen molar-refractivity contribution < 1.29 is 24.2 Å². The molecule has 1 N–H and O–H groups in total. The summed E-state index contributed by atoms with van der Waals surface area (Å²) in [6.45, 7) is 2.90. The van der Waals surface area contributed by atoms with Gasteiger partial charge in [0.15, 0.2) is 0 Å². The van der Waals surface area contributed by atoms with E-state index in [1.807, 2.05) is 25.1 Å². The second kappa shape index (κ2) is 10.8. The first-order valence-electron chi connectivity index (χ1n) is 11.2. The van der Waals surface area contributed by atoms with Crippen LogP contribution in [0.3, 0.4) is 0 Å². The van der Waals surface area contributed by atoms with Gasteiger partial charge >= 0.3 is 0 Å². The van der Waals surface area contributed by atoms with Gasteiger partial charge in [0.05, 0.1) is 18.2 Å². The highest BCUT2D eigenvalue weighted by Crippen LogP contribution is 2.39. The van der Waals surface area contributed by atoms with Crippen molar-refractivity contribution in [3.63, 3.8) is 0 Å². The number of carbonyl (C=O) groups is 2. The van der Waals surface area contributed by atoms with Crippen molar-refractivity contribution in [3.8, 4) is 5.75 Å². The standard InChI is InChI=1S/C28H26ClNO5/c1-18-4-3-5-19(16-18)17-35-23-12-8-21(9-13-23)26(31)24-25(20-6-10-22(29)11-7-20)30(14-15-34-2)28(33)27(24)32/h3-13,16,25,31H,14-15,17H2,1-2H3/t25-/m1/s1. The Balaban J connectivity index is 1.63. The Bertz CT molecular complexity index is 1250. The molecule has 3 aromatic rings. The van der Waals surface area contributed by atoms with Gasteiger partial charge in [0.1, 0.15) is 18.1 Å². The number of hydrogen-bond acceptors (Lipinski definition) is 5. The maximum atomic E-state index is 13.0. The highest BCUT2D eigenvalue weighted by atomic mass is 35.5. The summed E-state index contributed by atoms with van der Waals surface area (Å²) < 4.78 is 11.0. The first-order chi connectivity index (χ1) is 16.9. The number of methoxy groups -OCH3 is 1. The summed E-state index contributed by atoms with van der Waals surface area (Å²) in [4.78, 5) is 27.2. The number of ketones is 1. The molecular weight excluding hydrogens is 466 g/mol. The molecule has 1 amide bonds. The van der Waals surface area contributed by atoms with Crippen LogP contribution in [0.2, 0.25) is 5.02 Å². The lowest BCUT2D eigenvalue weighted by Gasteiger charge is -2.25. The number of likely N-dealkylation sites (tertiary alicyclic amines) is 1. The van der Waals surface area contributed by atoms with E-state index < -0.39 is 17.7 Å². The Morgan fingerprint density at radius 3 is 2.40 bits per heavy atom. The lowest BCUT2D eigenvalue weighted by Crippen LogP contribution is -2.32. The Morgan fingerprint density at radius 2 is 1.74 bits per heavy atom. The van der Waals surface area contributed by atoms with Crippen LogP contribution in [0.25, 0.3) is 5.76 Å². The number of ether oxygens (including phenoxy) is 2. The number of benzene rings is 3. The summed E-state index contributed by atoms with van der Waals surface area (Å²) in [5.41, 5.74) is 3.32. The number of hydrogen-bond donors (Lipinski definition) is 1. The zero-order valence-electron chi connectivity index (χ0n) is 19.5. The van der Waals surface area contributed by atoms with Crippen LogP contribution in [0.4, 0.5) is 0 Å². The predicted molar refractivity (Wildman–Crippen MR) is 134 cm³/mol. The van der Waals surface area contributed by atoms with Gasteiger partial charge in [-0.2, -0.15) is 0 Å². The third kappa shape index (κ3) is 5.39. The Hall–Kier alpha value is -3.61. The van der Waals surface area contributed by atoms with Crippen LogP contribution in [0, 0.1) is 6.92 Å².